The highest BCUT2D eigenvalue weighted by molar-refractivity contribution is 7.80. The van der Waals surface area contributed by atoms with Crippen molar-refractivity contribution in [2.45, 2.75) is 19.8 Å². The first-order chi connectivity index (χ1) is 10.6. The number of nitro benzene ring substituents is 1. The van der Waals surface area contributed by atoms with E-state index in [-0.39, 0.29) is 10.6 Å². The van der Waals surface area contributed by atoms with Crippen LogP contribution in [0.4, 0.5) is 11.4 Å². The number of non-ortho nitro benzene ring substituents is 1. The molecule has 0 aromatic heterocycles. The van der Waals surface area contributed by atoms with Crippen LogP contribution in [0.25, 0.3) is 0 Å². The Labute approximate surface area is 136 Å². The molecule has 0 atom stereocenters. The molecule has 1 aromatic rings. The van der Waals surface area contributed by atoms with Crippen molar-refractivity contribution in [3.05, 3.63) is 34.4 Å². The molecule has 0 saturated carbocycles. The SMILES string of the molecule is CCCCNC(=S)N1CCN(c2ccc([N+](=O)[O-])cc2)CC1. The number of unbranched alkanes of at least 4 members (excludes halogenated alkanes) is 1. The third kappa shape index (κ3) is 4.30. The van der Waals surface area contributed by atoms with Crippen molar-refractivity contribution in [1.29, 1.82) is 0 Å². The number of hydrogen-bond acceptors (Lipinski definition) is 4. The molecule has 0 aliphatic carbocycles. The summed E-state index contributed by atoms with van der Waals surface area (Å²) in [6.07, 6.45) is 2.28. The van der Waals surface area contributed by atoms with E-state index < -0.39 is 0 Å². The molecular weight excluding hydrogens is 300 g/mol. The fraction of sp³-hybridized carbons (Fsp3) is 0.533. The van der Waals surface area contributed by atoms with Crippen LogP contribution < -0.4 is 10.2 Å². The minimum Gasteiger partial charge on any atom is -0.368 e. The largest absolute Gasteiger partial charge is 0.368 e. The van der Waals surface area contributed by atoms with Gasteiger partial charge in [-0.3, -0.25) is 10.1 Å². The van der Waals surface area contributed by atoms with Gasteiger partial charge in [-0.05, 0) is 30.8 Å². The second kappa shape index (κ2) is 7.93. The Kier molecular flexibility index (Phi) is 5.94. The van der Waals surface area contributed by atoms with E-state index in [9.17, 15) is 10.1 Å². The van der Waals surface area contributed by atoms with Gasteiger partial charge in [-0.2, -0.15) is 0 Å². The summed E-state index contributed by atoms with van der Waals surface area (Å²) in [7, 11) is 0. The van der Waals surface area contributed by atoms with E-state index in [1.807, 2.05) is 12.1 Å². The summed E-state index contributed by atoms with van der Waals surface area (Å²) >= 11 is 5.41. The second-order valence-corrected chi connectivity index (χ2v) is 5.72. The van der Waals surface area contributed by atoms with Gasteiger partial charge in [0, 0.05) is 50.5 Å². The molecule has 0 radical (unpaired) electrons. The highest BCUT2D eigenvalue weighted by atomic mass is 32.1. The van der Waals surface area contributed by atoms with Crippen molar-refractivity contribution in [3.8, 4) is 0 Å². The molecule has 120 valence electrons. The van der Waals surface area contributed by atoms with Gasteiger partial charge in [-0.1, -0.05) is 13.3 Å². The molecule has 0 spiro atoms. The summed E-state index contributed by atoms with van der Waals surface area (Å²) in [5.41, 5.74) is 1.15. The molecule has 7 heteroatoms. The Bertz CT molecular complexity index is 513. The third-order valence-electron chi connectivity index (χ3n) is 3.80. The molecule has 22 heavy (non-hydrogen) atoms. The van der Waals surface area contributed by atoms with Gasteiger partial charge in [0.1, 0.15) is 0 Å². The minimum absolute atomic E-state index is 0.128. The normalized spacial score (nSPS) is 14.8. The van der Waals surface area contributed by atoms with E-state index in [2.05, 4.69) is 22.0 Å². The Morgan fingerprint density at radius 2 is 1.91 bits per heavy atom. The maximum absolute atomic E-state index is 10.7. The molecule has 1 saturated heterocycles. The Balaban J connectivity index is 1.83. The smallest absolute Gasteiger partial charge is 0.269 e. The molecule has 2 rings (SSSR count). The average molecular weight is 322 g/mol. The van der Waals surface area contributed by atoms with Crippen LogP contribution in [0.2, 0.25) is 0 Å². The molecule has 1 aliphatic rings. The van der Waals surface area contributed by atoms with E-state index in [0.29, 0.717) is 0 Å². The summed E-state index contributed by atoms with van der Waals surface area (Å²) in [6.45, 7) is 6.57. The minimum atomic E-state index is -0.373. The number of piperazine rings is 1. The van der Waals surface area contributed by atoms with Gasteiger partial charge in [0.05, 0.1) is 4.92 Å². The maximum Gasteiger partial charge on any atom is 0.269 e. The number of nitrogens with zero attached hydrogens (tertiary/aromatic N) is 3. The van der Waals surface area contributed by atoms with Gasteiger partial charge in [0.2, 0.25) is 0 Å². The Hall–Kier alpha value is -1.89. The van der Waals surface area contributed by atoms with Crippen LogP contribution in [-0.2, 0) is 0 Å². The van der Waals surface area contributed by atoms with Crippen molar-refractivity contribution in [1.82, 2.24) is 10.2 Å². The predicted molar refractivity (Wildman–Crippen MR) is 92.4 cm³/mol. The molecule has 0 amide bonds. The van der Waals surface area contributed by atoms with E-state index in [0.717, 1.165) is 56.4 Å². The third-order valence-corrected chi connectivity index (χ3v) is 4.20. The van der Waals surface area contributed by atoms with Crippen molar-refractivity contribution < 1.29 is 4.92 Å². The standard InChI is InChI=1S/C15H22N4O2S/c1-2-3-8-16-15(22)18-11-9-17(10-12-18)13-4-6-14(7-5-13)19(20)21/h4-7H,2-3,8-12H2,1H3,(H,16,22). The van der Waals surface area contributed by atoms with Gasteiger partial charge in [0.15, 0.2) is 5.11 Å². The number of benzene rings is 1. The van der Waals surface area contributed by atoms with Crippen molar-refractivity contribution in [2.75, 3.05) is 37.6 Å². The number of thiocarbonyl (C=S) groups is 1. The topological polar surface area (TPSA) is 61.6 Å². The quantitative estimate of drug-likeness (QED) is 0.389. The van der Waals surface area contributed by atoms with E-state index >= 15 is 0 Å². The van der Waals surface area contributed by atoms with Crippen molar-refractivity contribution in [2.24, 2.45) is 0 Å². The summed E-state index contributed by atoms with van der Waals surface area (Å²) in [5, 5.41) is 14.8. The zero-order chi connectivity index (χ0) is 15.9. The van der Waals surface area contributed by atoms with Crippen LogP contribution in [-0.4, -0.2) is 47.7 Å². The van der Waals surface area contributed by atoms with E-state index in [1.165, 1.54) is 0 Å². The lowest BCUT2D eigenvalue weighted by molar-refractivity contribution is -0.384. The molecule has 1 aliphatic heterocycles. The summed E-state index contributed by atoms with van der Waals surface area (Å²) < 4.78 is 0. The lowest BCUT2D eigenvalue weighted by atomic mass is 10.2. The molecule has 0 unspecified atom stereocenters. The number of nitro groups is 1. The maximum atomic E-state index is 10.7. The number of nitrogens with one attached hydrogen (secondary N) is 1. The van der Waals surface area contributed by atoms with Gasteiger partial charge >= 0.3 is 0 Å². The molecule has 0 bridgehead atoms. The van der Waals surface area contributed by atoms with Gasteiger partial charge < -0.3 is 15.1 Å². The monoisotopic (exact) mass is 322 g/mol. The van der Waals surface area contributed by atoms with Crippen LogP contribution in [0.5, 0.6) is 0 Å². The molecular formula is C15H22N4O2S. The van der Waals surface area contributed by atoms with E-state index in [4.69, 9.17) is 12.2 Å². The number of rotatable bonds is 5. The van der Waals surface area contributed by atoms with Crippen molar-refractivity contribution >= 4 is 28.7 Å². The van der Waals surface area contributed by atoms with Crippen LogP contribution in [0.3, 0.4) is 0 Å². The molecule has 1 fully saturated rings. The summed E-state index contributed by atoms with van der Waals surface area (Å²) in [4.78, 5) is 14.7. The van der Waals surface area contributed by atoms with Crippen LogP contribution >= 0.6 is 12.2 Å². The Morgan fingerprint density at radius 1 is 1.27 bits per heavy atom. The van der Waals surface area contributed by atoms with Gasteiger partial charge in [-0.15, -0.1) is 0 Å². The van der Waals surface area contributed by atoms with Crippen molar-refractivity contribution in [3.63, 3.8) is 0 Å². The predicted octanol–water partition coefficient (Wildman–Crippen LogP) is 2.39. The lowest BCUT2D eigenvalue weighted by Gasteiger charge is -2.37. The first-order valence-corrected chi connectivity index (χ1v) is 8.05. The summed E-state index contributed by atoms with van der Waals surface area (Å²) in [6, 6.07) is 6.73. The molecule has 1 N–H and O–H groups in total. The summed E-state index contributed by atoms with van der Waals surface area (Å²) in [5.74, 6) is 0. The lowest BCUT2D eigenvalue weighted by Crippen LogP contribution is -2.51. The number of hydrogen-bond donors (Lipinski definition) is 1. The van der Waals surface area contributed by atoms with Gasteiger partial charge in [-0.25, -0.2) is 0 Å². The average Bonchev–Trinajstić information content (AvgIpc) is 2.55. The highest BCUT2D eigenvalue weighted by Crippen LogP contribution is 2.20. The molecule has 1 aromatic carbocycles. The van der Waals surface area contributed by atoms with Gasteiger partial charge in [0.25, 0.3) is 5.69 Å². The molecule has 1 heterocycles. The first-order valence-electron chi connectivity index (χ1n) is 7.64. The second-order valence-electron chi connectivity index (χ2n) is 5.33. The van der Waals surface area contributed by atoms with Crippen LogP contribution in [0, 0.1) is 10.1 Å². The number of anilines is 1. The first kappa shape index (κ1) is 16.5. The zero-order valence-corrected chi connectivity index (χ0v) is 13.6. The van der Waals surface area contributed by atoms with Crippen LogP contribution in [0.1, 0.15) is 19.8 Å². The fourth-order valence-corrected chi connectivity index (χ4v) is 2.72. The molecule has 6 nitrogen and oxygen atoms in total. The highest BCUT2D eigenvalue weighted by Gasteiger charge is 2.19. The zero-order valence-electron chi connectivity index (χ0n) is 12.8. The fourth-order valence-electron chi connectivity index (χ4n) is 2.44. The Morgan fingerprint density at radius 3 is 2.45 bits per heavy atom. The van der Waals surface area contributed by atoms with Crippen LogP contribution in [0.15, 0.2) is 24.3 Å². The van der Waals surface area contributed by atoms with E-state index in [1.54, 1.807) is 12.1 Å².